The molecule has 0 bridgehead atoms. The van der Waals surface area contributed by atoms with Gasteiger partial charge in [0.05, 0.1) is 17.1 Å². The van der Waals surface area contributed by atoms with E-state index in [1.807, 2.05) is 16.3 Å². The number of amides is 1. The molecule has 25 heavy (non-hydrogen) atoms. The third kappa shape index (κ3) is 5.46. The molecule has 9 heteroatoms. The Labute approximate surface area is 173 Å². The summed E-state index contributed by atoms with van der Waals surface area (Å²) in [5.74, 6) is 0.123. The maximum atomic E-state index is 12.5. The van der Waals surface area contributed by atoms with Crippen molar-refractivity contribution in [2.45, 2.75) is 19.4 Å². The largest absolute Gasteiger partial charge is 0.337 e. The normalized spacial score (nSPS) is 16.8. The number of thiazole rings is 1. The minimum atomic E-state index is 0. The fourth-order valence-electron chi connectivity index (χ4n) is 2.64. The van der Waals surface area contributed by atoms with Crippen molar-refractivity contribution in [3.05, 3.63) is 39.3 Å². The van der Waals surface area contributed by atoms with Crippen LogP contribution < -0.4 is 5.32 Å². The Bertz CT molecular complexity index is 725. The van der Waals surface area contributed by atoms with E-state index in [1.54, 1.807) is 12.1 Å². The molecule has 1 atom stereocenters. The van der Waals surface area contributed by atoms with Gasteiger partial charge in [-0.05, 0) is 25.1 Å². The first-order chi connectivity index (χ1) is 11.0. The highest BCUT2D eigenvalue weighted by molar-refractivity contribution is 7.13. The van der Waals surface area contributed by atoms with Crippen LogP contribution in [0.25, 0.3) is 10.6 Å². The highest BCUT2D eigenvalue weighted by atomic mass is 35.5. The summed E-state index contributed by atoms with van der Waals surface area (Å²) in [6.45, 7) is 4.50. The van der Waals surface area contributed by atoms with Crippen LogP contribution in [0.15, 0.2) is 23.6 Å². The molecule has 1 aromatic carbocycles. The van der Waals surface area contributed by atoms with E-state index in [2.05, 4.69) is 17.2 Å². The third-order valence-corrected chi connectivity index (χ3v) is 5.34. The minimum Gasteiger partial charge on any atom is -0.337 e. The van der Waals surface area contributed by atoms with Crippen LogP contribution in [0.1, 0.15) is 12.6 Å². The molecule has 138 valence electrons. The van der Waals surface area contributed by atoms with E-state index in [0.29, 0.717) is 16.5 Å². The van der Waals surface area contributed by atoms with Crippen molar-refractivity contribution in [1.82, 2.24) is 15.2 Å². The van der Waals surface area contributed by atoms with Crippen molar-refractivity contribution in [2.75, 3.05) is 19.6 Å². The number of rotatable bonds is 3. The van der Waals surface area contributed by atoms with Gasteiger partial charge >= 0.3 is 0 Å². The van der Waals surface area contributed by atoms with Gasteiger partial charge < -0.3 is 10.2 Å². The van der Waals surface area contributed by atoms with E-state index in [9.17, 15) is 4.79 Å². The fraction of sp³-hybridized carbons (Fsp3) is 0.375. The van der Waals surface area contributed by atoms with Gasteiger partial charge in [-0.1, -0.05) is 23.2 Å². The predicted octanol–water partition coefficient (Wildman–Crippen LogP) is 4.32. The molecule has 1 N–H and O–H groups in total. The lowest BCUT2D eigenvalue weighted by molar-refractivity contribution is -0.133. The van der Waals surface area contributed by atoms with Gasteiger partial charge in [0, 0.05) is 41.6 Å². The number of aromatic nitrogens is 1. The van der Waals surface area contributed by atoms with Crippen molar-refractivity contribution >= 4 is 65.3 Å². The summed E-state index contributed by atoms with van der Waals surface area (Å²) >= 11 is 13.6. The van der Waals surface area contributed by atoms with E-state index < -0.39 is 0 Å². The van der Waals surface area contributed by atoms with E-state index in [1.165, 1.54) is 11.3 Å². The molecule has 1 aliphatic heterocycles. The summed E-state index contributed by atoms with van der Waals surface area (Å²) in [6.07, 6.45) is 0.325. The molecule has 0 aliphatic carbocycles. The summed E-state index contributed by atoms with van der Waals surface area (Å²) in [4.78, 5) is 18.9. The first-order valence-corrected chi connectivity index (χ1v) is 9.08. The van der Waals surface area contributed by atoms with Crippen molar-refractivity contribution in [2.24, 2.45) is 0 Å². The van der Waals surface area contributed by atoms with E-state index >= 15 is 0 Å². The van der Waals surface area contributed by atoms with Gasteiger partial charge in [0.25, 0.3) is 0 Å². The van der Waals surface area contributed by atoms with Gasteiger partial charge in [-0.3, -0.25) is 4.79 Å². The van der Waals surface area contributed by atoms with Crippen LogP contribution in [0.3, 0.4) is 0 Å². The molecule has 2 heterocycles. The number of nitrogens with zero attached hydrogens (tertiary/aromatic N) is 2. The Kier molecular flexibility index (Phi) is 8.95. The van der Waals surface area contributed by atoms with E-state index in [0.717, 1.165) is 35.9 Å². The Morgan fingerprint density at radius 3 is 2.84 bits per heavy atom. The van der Waals surface area contributed by atoms with Crippen LogP contribution in [0.5, 0.6) is 0 Å². The summed E-state index contributed by atoms with van der Waals surface area (Å²) in [6, 6.07) is 5.57. The molecule has 0 radical (unpaired) electrons. The molecule has 2 aromatic rings. The van der Waals surface area contributed by atoms with Gasteiger partial charge in [0.15, 0.2) is 0 Å². The van der Waals surface area contributed by atoms with Gasteiger partial charge in [0.1, 0.15) is 5.01 Å². The Morgan fingerprint density at radius 2 is 2.16 bits per heavy atom. The zero-order valence-electron chi connectivity index (χ0n) is 13.5. The molecule has 0 unspecified atom stereocenters. The van der Waals surface area contributed by atoms with Crippen LogP contribution in [-0.4, -0.2) is 41.5 Å². The van der Waals surface area contributed by atoms with Crippen molar-refractivity contribution < 1.29 is 4.79 Å². The molecule has 4 nitrogen and oxygen atoms in total. The first kappa shape index (κ1) is 22.5. The van der Waals surface area contributed by atoms with Crippen molar-refractivity contribution in [1.29, 1.82) is 0 Å². The second-order valence-electron chi connectivity index (χ2n) is 5.59. The monoisotopic (exact) mass is 441 g/mol. The summed E-state index contributed by atoms with van der Waals surface area (Å²) < 4.78 is 0. The van der Waals surface area contributed by atoms with Crippen LogP contribution in [-0.2, 0) is 11.2 Å². The number of hydrogen-bond acceptors (Lipinski definition) is 4. The third-order valence-electron chi connectivity index (χ3n) is 3.87. The molecule has 1 saturated heterocycles. The van der Waals surface area contributed by atoms with Gasteiger partial charge in [-0.2, -0.15) is 0 Å². The van der Waals surface area contributed by atoms with E-state index in [-0.39, 0.29) is 36.8 Å². The number of piperazine rings is 1. The van der Waals surface area contributed by atoms with Crippen LogP contribution >= 0.6 is 59.4 Å². The number of halogens is 4. The number of hydrogen-bond donors (Lipinski definition) is 1. The number of carbonyl (C=O) groups excluding carboxylic acids is 1. The second kappa shape index (κ2) is 9.95. The number of nitrogens with one attached hydrogen (secondary N) is 1. The number of benzene rings is 1. The highest BCUT2D eigenvalue weighted by Gasteiger charge is 2.23. The summed E-state index contributed by atoms with van der Waals surface area (Å²) in [5.41, 5.74) is 1.63. The second-order valence-corrected chi connectivity index (χ2v) is 7.29. The predicted molar refractivity (Wildman–Crippen MR) is 110 cm³/mol. The van der Waals surface area contributed by atoms with Crippen molar-refractivity contribution in [3.8, 4) is 10.6 Å². The van der Waals surface area contributed by atoms with Crippen molar-refractivity contribution in [3.63, 3.8) is 0 Å². The summed E-state index contributed by atoms with van der Waals surface area (Å²) in [5, 5.41) is 7.18. The maximum absolute atomic E-state index is 12.5. The molecule has 1 amide bonds. The molecule has 1 fully saturated rings. The average molecular weight is 443 g/mol. The quantitative estimate of drug-likeness (QED) is 0.769. The van der Waals surface area contributed by atoms with Gasteiger partial charge in [-0.15, -0.1) is 36.2 Å². The lowest BCUT2D eigenvalue weighted by atomic mass is 10.2. The Morgan fingerprint density at radius 1 is 1.40 bits per heavy atom. The van der Waals surface area contributed by atoms with Gasteiger partial charge in [0.2, 0.25) is 5.91 Å². The molecule has 1 aliphatic rings. The molecule has 1 aromatic heterocycles. The average Bonchev–Trinajstić information content (AvgIpc) is 2.95. The number of carbonyl (C=O) groups is 1. The van der Waals surface area contributed by atoms with Crippen LogP contribution in [0.2, 0.25) is 10.0 Å². The maximum Gasteiger partial charge on any atom is 0.228 e. The molecule has 3 rings (SSSR count). The SMILES string of the molecule is C[C@@H]1CNCCN1C(=O)Cc1csc(-c2ccc(Cl)cc2Cl)n1.Cl.Cl. The lowest BCUT2D eigenvalue weighted by Crippen LogP contribution is -2.52. The fourth-order valence-corrected chi connectivity index (χ4v) is 4.06. The molecular formula is C16H19Cl4N3OS. The first-order valence-electron chi connectivity index (χ1n) is 7.44. The standard InChI is InChI=1S/C16H17Cl2N3OS.2ClH/c1-10-8-19-4-5-21(10)15(22)7-12-9-23-16(20-12)13-3-2-11(17)6-14(13)18;;/h2-3,6,9-10,19H,4-5,7-8H2,1H3;2*1H/t10-;;/m1../s1. The van der Waals surface area contributed by atoms with Gasteiger partial charge in [-0.25, -0.2) is 4.98 Å². The highest BCUT2D eigenvalue weighted by Crippen LogP contribution is 2.32. The Hall–Kier alpha value is -0.560. The molecule has 0 saturated carbocycles. The lowest BCUT2D eigenvalue weighted by Gasteiger charge is -2.33. The topological polar surface area (TPSA) is 45.2 Å². The molecular weight excluding hydrogens is 424 g/mol. The zero-order chi connectivity index (χ0) is 16.4. The molecule has 0 spiro atoms. The summed E-state index contributed by atoms with van der Waals surface area (Å²) in [7, 11) is 0. The van der Waals surface area contributed by atoms with E-state index in [4.69, 9.17) is 23.2 Å². The Balaban J connectivity index is 0.00000156. The minimum absolute atomic E-state index is 0. The van der Waals surface area contributed by atoms with Crippen LogP contribution in [0, 0.1) is 0 Å². The van der Waals surface area contributed by atoms with Crippen LogP contribution in [0.4, 0.5) is 0 Å². The zero-order valence-corrected chi connectivity index (χ0v) is 17.5. The smallest absolute Gasteiger partial charge is 0.228 e.